The molecule has 0 fully saturated rings. The van der Waals surface area contributed by atoms with Crippen molar-refractivity contribution in [2.75, 3.05) is 11.9 Å². The molecule has 0 amide bonds. The van der Waals surface area contributed by atoms with Gasteiger partial charge < -0.3 is 10.1 Å². The smallest absolute Gasteiger partial charge is 0.143 e. The molecule has 0 saturated heterocycles. The summed E-state index contributed by atoms with van der Waals surface area (Å²) in [7, 11) is 0. The summed E-state index contributed by atoms with van der Waals surface area (Å²) in [5.74, 6) is 2.41. The van der Waals surface area contributed by atoms with Crippen molar-refractivity contribution in [3.8, 4) is 16.9 Å². The summed E-state index contributed by atoms with van der Waals surface area (Å²) in [6.07, 6.45) is 0. The lowest BCUT2D eigenvalue weighted by Crippen LogP contribution is -1.98. The van der Waals surface area contributed by atoms with Crippen molar-refractivity contribution in [3.05, 3.63) is 64.3 Å². The van der Waals surface area contributed by atoms with Crippen LogP contribution in [0.5, 0.6) is 5.75 Å². The Hall–Kier alpha value is -2.63. The summed E-state index contributed by atoms with van der Waals surface area (Å²) < 4.78 is 5.58. The highest BCUT2D eigenvalue weighted by molar-refractivity contribution is 7.19. The second kappa shape index (κ2) is 7.78. The standard InChI is InChI=1S/C22H20ClN3OS/c1-4-27-18-11-5-15(6-12-18)19-13(2)28-22-20(19)21(24-14(3)25-22)26-17-9-7-16(23)8-10-17/h5-12H,4H2,1-3H3,(H,24,25,26). The first kappa shape index (κ1) is 18.7. The molecular formula is C22H20ClN3OS. The zero-order chi connectivity index (χ0) is 19.7. The minimum absolute atomic E-state index is 0.655. The molecule has 0 atom stereocenters. The van der Waals surface area contributed by atoms with E-state index in [-0.39, 0.29) is 0 Å². The van der Waals surface area contributed by atoms with Gasteiger partial charge in [0.15, 0.2) is 0 Å². The van der Waals surface area contributed by atoms with Gasteiger partial charge in [-0.25, -0.2) is 9.97 Å². The first-order valence-corrected chi connectivity index (χ1v) is 10.3. The highest BCUT2D eigenvalue weighted by atomic mass is 35.5. The van der Waals surface area contributed by atoms with Gasteiger partial charge in [-0.15, -0.1) is 11.3 Å². The molecule has 28 heavy (non-hydrogen) atoms. The van der Waals surface area contributed by atoms with Gasteiger partial charge in [-0.3, -0.25) is 0 Å². The molecule has 1 N–H and O–H groups in total. The van der Waals surface area contributed by atoms with Crippen LogP contribution in [0, 0.1) is 13.8 Å². The highest BCUT2D eigenvalue weighted by Crippen LogP contribution is 2.41. The number of aromatic nitrogens is 2. The average Bonchev–Trinajstić information content (AvgIpc) is 3.00. The van der Waals surface area contributed by atoms with E-state index >= 15 is 0 Å². The van der Waals surface area contributed by atoms with Gasteiger partial charge in [-0.2, -0.15) is 0 Å². The molecule has 142 valence electrons. The van der Waals surface area contributed by atoms with E-state index in [1.54, 1.807) is 11.3 Å². The molecule has 0 radical (unpaired) electrons. The second-order valence-electron chi connectivity index (χ2n) is 6.42. The lowest BCUT2D eigenvalue weighted by molar-refractivity contribution is 0.340. The number of hydrogen-bond donors (Lipinski definition) is 1. The third-order valence-corrected chi connectivity index (χ3v) is 5.65. The fraction of sp³-hybridized carbons (Fsp3) is 0.182. The molecule has 0 spiro atoms. The van der Waals surface area contributed by atoms with E-state index in [4.69, 9.17) is 21.3 Å². The quantitative estimate of drug-likeness (QED) is 0.395. The molecule has 0 unspecified atom stereocenters. The van der Waals surface area contributed by atoms with Gasteiger partial charge in [-0.05, 0) is 62.7 Å². The molecule has 4 aromatic rings. The number of aryl methyl sites for hydroxylation is 2. The number of benzene rings is 2. The van der Waals surface area contributed by atoms with Gasteiger partial charge in [0.25, 0.3) is 0 Å². The number of rotatable bonds is 5. The van der Waals surface area contributed by atoms with E-state index in [1.807, 2.05) is 50.2 Å². The highest BCUT2D eigenvalue weighted by Gasteiger charge is 2.18. The molecule has 4 nitrogen and oxygen atoms in total. The van der Waals surface area contributed by atoms with Crippen LogP contribution in [0.2, 0.25) is 5.02 Å². The van der Waals surface area contributed by atoms with Gasteiger partial charge in [-0.1, -0.05) is 23.7 Å². The van der Waals surface area contributed by atoms with Crippen LogP contribution < -0.4 is 10.1 Å². The maximum absolute atomic E-state index is 6.02. The van der Waals surface area contributed by atoms with Crippen molar-refractivity contribution in [1.82, 2.24) is 9.97 Å². The number of fused-ring (bicyclic) bond motifs is 1. The maximum Gasteiger partial charge on any atom is 0.143 e. The maximum atomic E-state index is 6.02. The molecule has 0 bridgehead atoms. The van der Waals surface area contributed by atoms with Crippen molar-refractivity contribution in [2.24, 2.45) is 0 Å². The van der Waals surface area contributed by atoms with E-state index in [1.165, 1.54) is 4.88 Å². The number of ether oxygens (including phenoxy) is 1. The van der Waals surface area contributed by atoms with Crippen LogP contribution in [-0.4, -0.2) is 16.6 Å². The second-order valence-corrected chi connectivity index (χ2v) is 8.06. The molecule has 0 saturated carbocycles. The van der Waals surface area contributed by atoms with Crippen LogP contribution >= 0.6 is 22.9 Å². The molecule has 0 aliphatic carbocycles. The van der Waals surface area contributed by atoms with Crippen molar-refractivity contribution >= 4 is 44.7 Å². The van der Waals surface area contributed by atoms with Crippen molar-refractivity contribution in [2.45, 2.75) is 20.8 Å². The van der Waals surface area contributed by atoms with E-state index < -0.39 is 0 Å². The summed E-state index contributed by atoms with van der Waals surface area (Å²) in [6, 6.07) is 15.8. The molecular weight excluding hydrogens is 390 g/mol. The lowest BCUT2D eigenvalue weighted by Gasteiger charge is -2.11. The summed E-state index contributed by atoms with van der Waals surface area (Å²) in [6.45, 7) is 6.68. The molecule has 2 aromatic carbocycles. The number of nitrogens with zero attached hydrogens (tertiary/aromatic N) is 2. The molecule has 4 rings (SSSR count). The number of nitrogens with one attached hydrogen (secondary N) is 1. The fourth-order valence-corrected chi connectivity index (χ4v) is 4.43. The Balaban J connectivity index is 1.84. The minimum Gasteiger partial charge on any atom is -0.494 e. The van der Waals surface area contributed by atoms with Gasteiger partial charge in [0.1, 0.15) is 22.2 Å². The Bertz CT molecular complexity index is 1120. The van der Waals surface area contributed by atoms with Gasteiger partial charge in [0, 0.05) is 21.2 Å². The normalized spacial score (nSPS) is 11.0. The Labute approximate surface area is 173 Å². The summed E-state index contributed by atoms with van der Waals surface area (Å²) in [4.78, 5) is 11.5. The lowest BCUT2D eigenvalue weighted by atomic mass is 10.0. The third kappa shape index (κ3) is 3.68. The average molecular weight is 410 g/mol. The number of thiophene rings is 1. The van der Waals surface area contributed by atoms with E-state index in [0.29, 0.717) is 11.6 Å². The van der Waals surface area contributed by atoms with E-state index in [0.717, 1.165) is 44.4 Å². The topological polar surface area (TPSA) is 47.0 Å². The van der Waals surface area contributed by atoms with Crippen molar-refractivity contribution in [1.29, 1.82) is 0 Å². The van der Waals surface area contributed by atoms with Crippen molar-refractivity contribution < 1.29 is 4.74 Å². The summed E-state index contributed by atoms with van der Waals surface area (Å²) in [5.41, 5.74) is 3.21. The first-order chi connectivity index (χ1) is 13.5. The number of halogens is 1. The Morgan fingerprint density at radius 1 is 1.00 bits per heavy atom. The van der Waals surface area contributed by atoms with E-state index in [9.17, 15) is 0 Å². The van der Waals surface area contributed by atoms with Crippen LogP contribution in [0.15, 0.2) is 48.5 Å². The Morgan fingerprint density at radius 2 is 1.71 bits per heavy atom. The van der Waals surface area contributed by atoms with Gasteiger partial charge >= 0.3 is 0 Å². The molecule has 0 aliphatic heterocycles. The minimum atomic E-state index is 0.655. The monoisotopic (exact) mass is 409 g/mol. The SMILES string of the molecule is CCOc1ccc(-c2c(C)sc3nc(C)nc(Nc4ccc(Cl)cc4)c23)cc1. The molecule has 0 aliphatic rings. The Kier molecular flexibility index (Phi) is 5.20. The van der Waals surface area contributed by atoms with Crippen LogP contribution in [0.1, 0.15) is 17.6 Å². The number of hydrogen-bond acceptors (Lipinski definition) is 5. The van der Waals surface area contributed by atoms with Crippen molar-refractivity contribution in [3.63, 3.8) is 0 Å². The zero-order valence-electron chi connectivity index (χ0n) is 15.9. The first-order valence-electron chi connectivity index (χ1n) is 9.08. The molecule has 2 heterocycles. The predicted molar refractivity (Wildman–Crippen MR) is 118 cm³/mol. The van der Waals surface area contributed by atoms with Crippen LogP contribution in [0.4, 0.5) is 11.5 Å². The van der Waals surface area contributed by atoms with E-state index in [2.05, 4.69) is 29.4 Å². The number of anilines is 2. The summed E-state index contributed by atoms with van der Waals surface area (Å²) >= 11 is 7.70. The summed E-state index contributed by atoms with van der Waals surface area (Å²) in [5, 5.41) is 5.18. The molecule has 2 aromatic heterocycles. The Morgan fingerprint density at radius 3 is 2.39 bits per heavy atom. The largest absolute Gasteiger partial charge is 0.494 e. The fourth-order valence-electron chi connectivity index (χ4n) is 3.21. The molecule has 6 heteroatoms. The zero-order valence-corrected chi connectivity index (χ0v) is 17.5. The van der Waals surface area contributed by atoms with Crippen LogP contribution in [0.25, 0.3) is 21.3 Å². The predicted octanol–water partition coefficient (Wildman–Crippen LogP) is 6.77. The van der Waals surface area contributed by atoms with Crippen LogP contribution in [0.3, 0.4) is 0 Å². The third-order valence-electron chi connectivity index (χ3n) is 4.40. The van der Waals surface area contributed by atoms with Crippen LogP contribution in [-0.2, 0) is 0 Å². The van der Waals surface area contributed by atoms with Gasteiger partial charge in [0.2, 0.25) is 0 Å². The van der Waals surface area contributed by atoms with Gasteiger partial charge in [0.05, 0.1) is 12.0 Å².